The molecule has 1 heterocycles. The van der Waals surface area contributed by atoms with Gasteiger partial charge in [0.2, 0.25) is 0 Å². The first-order valence-corrected chi connectivity index (χ1v) is 7.53. The molecular formula is C18H16N2O4. The Labute approximate surface area is 139 Å². The van der Waals surface area contributed by atoms with Crippen molar-refractivity contribution < 1.29 is 19.0 Å². The number of carbonyl (C=O) groups excluding carboxylic acids is 1. The van der Waals surface area contributed by atoms with Gasteiger partial charge in [0.1, 0.15) is 25.0 Å². The van der Waals surface area contributed by atoms with Gasteiger partial charge in [-0.1, -0.05) is 12.1 Å². The zero-order valence-corrected chi connectivity index (χ0v) is 13.1. The third kappa shape index (κ3) is 3.41. The van der Waals surface area contributed by atoms with Gasteiger partial charge in [0.15, 0.2) is 17.6 Å². The maximum Gasteiger partial charge on any atom is 0.265 e. The normalized spacial score (nSPS) is 13.5. The highest BCUT2D eigenvalue weighted by atomic mass is 16.6. The topological polar surface area (TPSA) is 80.6 Å². The molecule has 0 saturated heterocycles. The Morgan fingerprint density at radius 1 is 1.21 bits per heavy atom. The molecule has 0 bridgehead atoms. The van der Waals surface area contributed by atoms with Gasteiger partial charge in [-0.25, -0.2) is 0 Å². The molecule has 0 aliphatic carbocycles. The van der Waals surface area contributed by atoms with E-state index in [1.807, 2.05) is 6.07 Å². The van der Waals surface area contributed by atoms with E-state index in [-0.39, 0.29) is 5.91 Å². The number of nitrogens with one attached hydrogen (secondary N) is 1. The molecule has 6 heteroatoms. The number of nitriles is 1. The lowest BCUT2D eigenvalue weighted by Gasteiger charge is -2.20. The van der Waals surface area contributed by atoms with Gasteiger partial charge in [0.05, 0.1) is 5.56 Å². The van der Waals surface area contributed by atoms with E-state index in [2.05, 4.69) is 5.32 Å². The Morgan fingerprint density at radius 2 is 1.96 bits per heavy atom. The van der Waals surface area contributed by atoms with E-state index in [4.69, 9.17) is 19.5 Å². The quantitative estimate of drug-likeness (QED) is 0.935. The van der Waals surface area contributed by atoms with Gasteiger partial charge in [0, 0.05) is 11.8 Å². The maximum atomic E-state index is 12.3. The Hall–Kier alpha value is -3.20. The van der Waals surface area contributed by atoms with Crippen LogP contribution >= 0.6 is 0 Å². The Morgan fingerprint density at radius 3 is 2.75 bits per heavy atom. The first-order valence-electron chi connectivity index (χ1n) is 7.53. The van der Waals surface area contributed by atoms with Crippen molar-refractivity contribution >= 4 is 11.6 Å². The lowest BCUT2D eigenvalue weighted by Crippen LogP contribution is -2.30. The number of anilines is 1. The second kappa shape index (κ2) is 6.92. The van der Waals surface area contributed by atoms with Crippen LogP contribution in [-0.4, -0.2) is 25.2 Å². The van der Waals surface area contributed by atoms with Crippen molar-refractivity contribution in [1.29, 1.82) is 5.26 Å². The molecule has 3 rings (SSSR count). The minimum atomic E-state index is -0.757. The van der Waals surface area contributed by atoms with Crippen LogP contribution in [0.2, 0.25) is 0 Å². The third-order valence-corrected chi connectivity index (χ3v) is 3.49. The van der Waals surface area contributed by atoms with Crippen molar-refractivity contribution in [2.24, 2.45) is 0 Å². The van der Waals surface area contributed by atoms with E-state index in [1.165, 1.54) is 0 Å². The van der Waals surface area contributed by atoms with Crippen molar-refractivity contribution in [3.05, 3.63) is 48.0 Å². The summed E-state index contributed by atoms with van der Waals surface area (Å²) in [5.41, 5.74) is 0.977. The van der Waals surface area contributed by atoms with Gasteiger partial charge in [-0.05, 0) is 31.2 Å². The summed E-state index contributed by atoms with van der Waals surface area (Å²) in [7, 11) is 0. The molecule has 2 aromatic rings. The molecule has 1 atom stereocenters. The van der Waals surface area contributed by atoms with E-state index in [9.17, 15) is 4.79 Å². The molecule has 1 aliphatic heterocycles. The minimum absolute atomic E-state index is 0.320. The molecule has 0 spiro atoms. The van der Waals surface area contributed by atoms with Crippen LogP contribution in [0, 0.1) is 11.3 Å². The summed E-state index contributed by atoms with van der Waals surface area (Å²) >= 11 is 0. The number of fused-ring (bicyclic) bond motifs is 1. The molecular weight excluding hydrogens is 308 g/mol. The van der Waals surface area contributed by atoms with Gasteiger partial charge in [-0.2, -0.15) is 5.26 Å². The molecule has 24 heavy (non-hydrogen) atoms. The Bertz CT molecular complexity index is 798. The van der Waals surface area contributed by atoms with Crippen LogP contribution in [0.25, 0.3) is 0 Å². The van der Waals surface area contributed by atoms with Crippen molar-refractivity contribution in [3.8, 4) is 23.3 Å². The summed E-state index contributed by atoms with van der Waals surface area (Å²) in [4.78, 5) is 12.3. The summed E-state index contributed by atoms with van der Waals surface area (Å²) < 4.78 is 16.5. The molecule has 1 aliphatic rings. The third-order valence-electron chi connectivity index (χ3n) is 3.49. The minimum Gasteiger partial charge on any atom is -0.486 e. The Kier molecular flexibility index (Phi) is 4.52. The number of hydrogen-bond acceptors (Lipinski definition) is 5. The fourth-order valence-corrected chi connectivity index (χ4v) is 2.27. The predicted octanol–water partition coefficient (Wildman–Crippen LogP) is 2.74. The highest BCUT2D eigenvalue weighted by molar-refractivity contribution is 5.94. The largest absolute Gasteiger partial charge is 0.486 e. The SMILES string of the molecule is CC(Oc1ccccc1C#N)C(=O)Nc1ccc2c(c1)OCCO2. The van der Waals surface area contributed by atoms with Crippen molar-refractivity contribution in [2.45, 2.75) is 13.0 Å². The average Bonchev–Trinajstić information content (AvgIpc) is 2.62. The van der Waals surface area contributed by atoms with E-state index in [0.29, 0.717) is 41.7 Å². The smallest absolute Gasteiger partial charge is 0.265 e. The number of nitrogens with zero attached hydrogens (tertiary/aromatic N) is 1. The molecule has 2 aromatic carbocycles. The van der Waals surface area contributed by atoms with Crippen molar-refractivity contribution in [3.63, 3.8) is 0 Å². The number of ether oxygens (including phenoxy) is 3. The van der Waals surface area contributed by atoms with E-state index < -0.39 is 6.10 Å². The monoisotopic (exact) mass is 324 g/mol. The van der Waals surface area contributed by atoms with Crippen LogP contribution in [0.3, 0.4) is 0 Å². The zero-order chi connectivity index (χ0) is 16.9. The molecule has 1 N–H and O–H groups in total. The second-order valence-corrected chi connectivity index (χ2v) is 5.22. The lowest BCUT2D eigenvalue weighted by atomic mass is 10.2. The van der Waals surface area contributed by atoms with Gasteiger partial charge >= 0.3 is 0 Å². The molecule has 6 nitrogen and oxygen atoms in total. The summed E-state index contributed by atoms with van der Waals surface area (Å²) in [5.74, 6) is 1.32. The van der Waals surface area contributed by atoms with E-state index >= 15 is 0 Å². The van der Waals surface area contributed by atoms with E-state index in [0.717, 1.165) is 0 Å². The number of para-hydroxylation sites is 1. The van der Waals surface area contributed by atoms with Crippen LogP contribution in [-0.2, 0) is 4.79 Å². The standard InChI is InChI=1S/C18H16N2O4/c1-12(24-15-5-3-2-4-13(15)11-19)18(21)20-14-6-7-16-17(10-14)23-9-8-22-16/h2-7,10,12H,8-9H2,1H3,(H,20,21). The summed E-state index contributed by atoms with van der Waals surface area (Å²) in [6, 6.07) is 14.0. The molecule has 122 valence electrons. The number of carbonyl (C=O) groups is 1. The first-order chi connectivity index (χ1) is 11.7. The van der Waals surface area contributed by atoms with Gasteiger partial charge in [-0.3, -0.25) is 4.79 Å². The fourth-order valence-electron chi connectivity index (χ4n) is 2.27. The van der Waals surface area contributed by atoms with E-state index in [1.54, 1.807) is 49.4 Å². The Balaban J connectivity index is 1.67. The lowest BCUT2D eigenvalue weighted by molar-refractivity contribution is -0.122. The summed E-state index contributed by atoms with van der Waals surface area (Å²) in [5, 5.41) is 11.8. The molecule has 0 saturated carbocycles. The number of rotatable bonds is 4. The molecule has 0 fully saturated rings. The van der Waals surface area contributed by atoms with Gasteiger partial charge < -0.3 is 19.5 Å². The number of amides is 1. The summed E-state index contributed by atoms with van der Waals surface area (Å²) in [6.07, 6.45) is -0.757. The summed E-state index contributed by atoms with van der Waals surface area (Å²) in [6.45, 7) is 2.62. The maximum absolute atomic E-state index is 12.3. The number of benzene rings is 2. The van der Waals surface area contributed by atoms with Crippen molar-refractivity contribution in [2.75, 3.05) is 18.5 Å². The van der Waals surface area contributed by atoms with Crippen LogP contribution in [0.1, 0.15) is 12.5 Å². The first kappa shape index (κ1) is 15.7. The fraction of sp³-hybridized carbons (Fsp3) is 0.222. The van der Waals surface area contributed by atoms with Crippen LogP contribution in [0.4, 0.5) is 5.69 Å². The second-order valence-electron chi connectivity index (χ2n) is 5.22. The van der Waals surface area contributed by atoms with Crippen molar-refractivity contribution in [1.82, 2.24) is 0 Å². The molecule has 0 aromatic heterocycles. The van der Waals surface area contributed by atoms with Crippen LogP contribution in [0.15, 0.2) is 42.5 Å². The van der Waals surface area contributed by atoms with Crippen LogP contribution in [0.5, 0.6) is 17.2 Å². The molecule has 1 unspecified atom stereocenters. The highest BCUT2D eigenvalue weighted by Crippen LogP contribution is 2.32. The predicted molar refractivity (Wildman–Crippen MR) is 87.3 cm³/mol. The highest BCUT2D eigenvalue weighted by Gasteiger charge is 2.18. The average molecular weight is 324 g/mol. The van der Waals surface area contributed by atoms with Crippen LogP contribution < -0.4 is 19.5 Å². The van der Waals surface area contributed by atoms with Gasteiger partial charge in [-0.15, -0.1) is 0 Å². The number of hydrogen-bond donors (Lipinski definition) is 1. The molecule has 1 amide bonds. The van der Waals surface area contributed by atoms with Gasteiger partial charge in [0.25, 0.3) is 5.91 Å². The zero-order valence-electron chi connectivity index (χ0n) is 13.1. The molecule has 0 radical (unpaired) electrons.